The Hall–Kier alpha value is 0.400. The van der Waals surface area contributed by atoms with Gasteiger partial charge >= 0.3 is 0 Å². The molecule has 0 spiro atoms. The fraction of sp³-hybridized carbons (Fsp3) is 1.00. The minimum atomic E-state index is -0.167. The van der Waals surface area contributed by atoms with Gasteiger partial charge in [0.1, 0.15) is 0 Å². The Morgan fingerprint density at radius 1 is 1.29 bits per heavy atom. The van der Waals surface area contributed by atoms with Crippen LogP contribution in [0.4, 0.5) is 0 Å². The van der Waals surface area contributed by atoms with E-state index in [4.69, 9.17) is 5.11 Å². The van der Waals surface area contributed by atoms with E-state index in [2.05, 4.69) is 5.73 Å². The van der Waals surface area contributed by atoms with Crippen LogP contribution in [0, 0.1) is 0 Å². The van der Waals surface area contributed by atoms with Crippen molar-refractivity contribution in [2.75, 3.05) is 7.05 Å². The molecule has 0 saturated carbocycles. The average molecular weight is 172 g/mol. The number of hydrogen-bond acceptors (Lipinski definition) is 2. The first kappa shape index (κ1) is 15.7. The summed E-state index contributed by atoms with van der Waals surface area (Å²) in [4.78, 5) is 0. The molecular formula is C4H14BrNO. The smallest absolute Gasteiger partial charge is 0.0483 e. The van der Waals surface area contributed by atoms with Crippen LogP contribution in [0.1, 0.15) is 13.8 Å². The second kappa shape index (κ2) is 16.1. The van der Waals surface area contributed by atoms with Gasteiger partial charge in [0.05, 0.1) is 0 Å². The van der Waals surface area contributed by atoms with Gasteiger partial charge in [-0.15, -0.1) is 17.0 Å². The monoisotopic (exact) mass is 171 g/mol. The summed E-state index contributed by atoms with van der Waals surface area (Å²) in [7, 11) is 1.50. The molecule has 2 nitrogen and oxygen atoms in total. The van der Waals surface area contributed by atoms with Crippen LogP contribution in [-0.4, -0.2) is 18.3 Å². The highest BCUT2D eigenvalue weighted by Gasteiger charge is 1.69. The normalized spacial score (nSPS) is 6.00. The molecule has 0 fully saturated rings. The maximum Gasteiger partial charge on any atom is 0.0483 e. The molecule has 0 aromatic carbocycles. The minimum absolute atomic E-state index is 0. The van der Waals surface area contributed by atoms with Crippen molar-refractivity contribution >= 4 is 17.0 Å². The van der Waals surface area contributed by atoms with Gasteiger partial charge in [0.15, 0.2) is 0 Å². The van der Waals surface area contributed by atoms with Gasteiger partial charge in [-0.1, -0.05) is 0 Å². The quantitative estimate of drug-likeness (QED) is 0.560. The standard InChI is InChI=1S/C3H8O.CH5N.BrH/c1-3(2)4;1-2;/h3-4H,1-2H3;2H2,1H3;1H. The number of rotatable bonds is 0. The Labute approximate surface area is 55.5 Å². The van der Waals surface area contributed by atoms with Gasteiger partial charge in [-0.3, -0.25) is 0 Å². The van der Waals surface area contributed by atoms with Gasteiger partial charge in [0, 0.05) is 6.10 Å². The average Bonchev–Trinajstić information content (AvgIpc) is 1.41. The van der Waals surface area contributed by atoms with Gasteiger partial charge in [0.25, 0.3) is 0 Å². The fourth-order valence-corrected chi connectivity index (χ4v) is 0. The van der Waals surface area contributed by atoms with E-state index in [-0.39, 0.29) is 23.1 Å². The third kappa shape index (κ3) is 774. The summed E-state index contributed by atoms with van der Waals surface area (Å²) in [5.41, 5.74) is 4.50. The van der Waals surface area contributed by atoms with Crippen LogP contribution in [0.3, 0.4) is 0 Å². The van der Waals surface area contributed by atoms with Crippen molar-refractivity contribution in [3.63, 3.8) is 0 Å². The molecule has 0 aliphatic heterocycles. The van der Waals surface area contributed by atoms with Crippen LogP contribution in [0.15, 0.2) is 0 Å². The van der Waals surface area contributed by atoms with Gasteiger partial charge in [-0.25, -0.2) is 0 Å². The van der Waals surface area contributed by atoms with Gasteiger partial charge in [0.2, 0.25) is 0 Å². The zero-order valence-electron chi connectivity index (χ0n) is 5.01. The van der Waals surface area contributed by atoms with Gasteiger partial charge < -0.3 is 10.8 Å². The van der Waals surface area contributed by atoms with E-state index in [1.165, 1.54) is 7.05 Å². The maximum atomic E-state index is 8.06. The first-order chi connectivity index (χ1) is 2.73. The Bertz CT molecular complexity index is 16.4. The SMILES string of the molecule is Br.CC(C)O.CN. The molecule has 0 amide bonds. The summed E-state index contributed by atoms with van der Waals surface area (Å²) in [6, 6.07) is 0. The Morgan fingerprint density at radius 3 is 1.29 bits per heavy atom. The van der Waals surface area contributed by atoms with E-state index in [1.807, 2.05) is 0 Å². The van der Waals surface area contributed by atoms with Gasteiger partial charge in [-0.2, -0.15) is 0 Å². The Balaban J connectivity index is -0.0000000480. The molecule has 3 heteroatoms. The molecule has 0 aliphatic carbocycles. The van der Waals surface area contributed by atoms with E-state index in [0.717, 1.165) is 0 Å². The van der Waals surface area contributed by atoms with Crippen LogP contribution in [-0.2, 0) is 0 Å². The highest BCUT2D eigenvalue weighted by molar-refractivity contribution is 8.93. The summed E-state index contributed by atoms with van der Waals surface area (Å²) in [5.74, 6) is 0. The van der Waals surface area contributed by atoms with Gasteiger partial charge in [-0.05, 0) is 20.9 Å². The van der Waals surface area contributed by atoms with E-state index in [0.29, 0.717) is 0 Å². The lowest BCUT2D eigenvalue weighted by Crippen LogP contribution is -1.85. The third-order valence-corrected chi connectivity index (χ3v) is 0. The van der Waals surface area contributed by atoms with Crippen molar-refractivity contribution in [3.8, 4) is 0 Å². The van der Waals surface area contributed by atoms with E-state index in [1.54, 1.807) is 13.8 Å². The summed E-state index contributed by atoms with van der Waals surface area (Å²) >= 11 is 0. The molecule has 0 aromatic heterocycles. The summed E-state index contributed by atoms with van der Waals surface area (Å²) in [5, 5.41) is 8.06. The van der Waals surface area contributed by atoms with Crippen LogP contribution >= 0.6 is 17.0 Å². The van der Waals surface area contributed by atoms with Crippen molar-refractivity contribution in [2.24, 2.45) is 5.73 Å². The van der Waals surface area contributed by atoms with E-state index < -0.39 is 0 Å². The van der Waals surface area contributed by atoms with Crippen molar-refractivity contribution in [2.45, 2.75) is 20.0 Å². The molecule has 0 radical (unpaired) electrons. The van der Waals surface area contributed by atoms with Crippen molar-refractivity contribution in [1.29, 1.82) is 0 Å². The summed E-state index contributed by atoms with van der Waals surface area (Å²) in [6.07, 6.45) is -0.167. The molecule has 0 aromatic rings. The second-order valence-corrected chi connectivity index (χ2v) is 1.09. The molecular weight excluding hydrogens is 158 g/mol. The molecule has 0 aliphatic rings. The van der Waals surface area contributed by atoms with Crippen LogP contribution in [0.25, 0.3) is 0 Å². The molecule has 48 valence electrons. The number of aliphatic hydroxyl groups excluding tert-OH is 1. The lowest BCUT2D eigenvalue weighted by atomic mass is 10.5. The molecule has 7 heavy (non-hydrogen) atoms. The predicted octanol–water partition coefficient (Wildman–Crippen LogP) is 0.540. The Kier molecular flexibility index (Phi) is 36.1. The van der Waals surface area contributed by atoms with Crippen molar-refractivity contribution in [1.82, 2.24) is 0 Å². The van der Waals surface area contributed by atoms with E-state index in [9.17, 15) is 0 Å². The highest BCUT2D eigenvalue weighted by Crippen LogP contribution is 1.65. The molecule has 3 N–H and O–H groups in total. The molecule has 0 saturated heterocycles. The summed E-state index contributed by atoms with van der Waals surface area (Å²) in [6.45, 7) is 3.44. The lowest BCUT2D eigenvalue weighted by Gasteiger charge is -1.80. The highest BCUT2D eigenvalue weighted by atomic mass is 79.9. The minimum Gasteiger partial charge on any atom is -0.394 e. The van der Waals surface area contributed by atoms with Crippen LogP contribution in [0.5, 0.6) is 0 Å². The molecule has 0 atom stereocenters. The molecule has 0 heterocycles. The molecule has 0 unspecified atom stereocenters. The van der Waals surface area contributed by atoms with Crippen LogP contribution in [0.2, 0.25) is 0 Å². The predicted molar refractivity (Wildman–Crippen MR) is 37.8 cm³/mol. The zero-order chi connectivity index (χ0) is 5.58. The van der Waals surface area contributed by atoms with Crippen molar-refractivity contribution in [3.05, 3.63) is 0 Å². The largest absolute Gasteiger partial charge is 0.394 e. The fourth-order valence-electron chi connectivity index (χ4n) is 0. The number of aliphatic hydroxyl groups is 1. The summed E-state index contributed by atoms with van der Waals surface area (Å²) < 4.78 is 0. The number of hydrogen-bond donors (Lipinski definition) is 2. The maximum absolute atomic E-state index is 8.06. The number of halogens is 1. The van der Waals surface area contributed by atoms with Crippen LogP contribution < -0.4 is 5.73 Å². The first-order valence-electron chi connectivity index (χ1n) is 1.99. The second-order valence-electron chi connectivity index (χ2n) is 1.09. The first-order valence-corrected chi connectivity index (χ1v) is 1.99. The topological polar surface area (TPSA) is 46.2 Å². The van der Waals surface area contributed by atoms with Crippen molar-refractivity contribution < 1.29 is 5.11 Å². The molecule has 0 bridgehead atoms. The zero-order valence-corrected chi connectivity index (χ0v) is 6.72. The molecule has 0 rings (SSSR count). The number of nitrogens with two attached hydrogens (primary N) is 1. The lowest BCUT2D eigenvalue weighted by molar-refractivity contribution is 0.216. The third-order valence-electron chi connectivity index (χ3n) is 0. The van der Waals surface area contributed by atoms with E-state index >= 15 is 0 Å². The Morgan fingerprint density at radius 2 is 1.29 bits per heavy atom.